The van der Waals surface area contributed by atoms with Crippen LogP contribution in [0.1, 0.15) is 35.4 Å². The number of aromatic nitrogens is 1. The van der Waals surface area contributed by atoms with Gasteiger partial charge in [-0.05, 0) is 61.0 Å². The van der Waals surface area contributed by atoms with Crippen molar-refractivity contribution in [3.8, 4) is 6.07 Å². The van der Waals surface area contributed by atoms with Gasteiger partial charge in [-0.2, -0.15) is 5.26 Å². The smallest absolute Gasteiger partial charge is 0.138 e. The van der Waals surface area contributed by atoms with Gasteiger partial charge in [0.25, 0.3) is 0 Å². The molecular weight excluding hydrogens is 344 g/mol. The lowest BCUT2D eigenvalue weighted by molar-refractivity contribution is 0.399. The van der Waals surface area contributed by atoms with Crippen molar-refractivity contribution < 1.29 is 5.11 Å². The first-order valence-electron chi connectivity index (χ1n) is 8.43. The van der Waals surface area contributed by atoms with Crippen LogP contribution in [0, 0.1) is 18.3 Å². The summed E-state index contributed by atoms with van der Waals surface area (Å²) in [7, 11) is 1.00. The van der Waals surface area contributed by atoms with Gasteiger partial charge in [0.2, 0.25) is 0 Å². The number of hydrogen-bond donors (Lipinski definition) is 3. The van der Waals surface area contributed by atoms with Gasteiger partial charge in [-0.3, -0.25) is 0 Å². The highest BCUT2D eigenvalue weighted by molar-refractivity contribution is 8.01. The summed E-state index contributed by atoms with van der Waals surface area (Å²) in [5.74, 6) is 1.74. The largest absolute Gasteiger partial charge is 0.400 e. The van der Waals surface area contributed by atoms with Gasteiger partial charge in [-0.25, -0.2) is 4.98 Å². The van der Waals surface area contributed by atoms with Gasteiger partial charge in [0.05, 0.1) is 11.6 Å². The minimum atomic E-state index is 0.420. The zero-order valence-corrected chi connectivity index (χ0v) is 15.8. The monoisotopic (exact) mass is 368 g/mol. The molecule has 0 radical (unpaired) electrons. The summed E-state index contributed by atoms with van der Waals surface area (Å²) >= 11 is 1.67. The molecule has 0 spiro atoms. The van der Waals surface area contributed by atoms with Crippen molar-refractivity contribution in [1.29, 1.82) is 5.26 Å². The molecule has 0 aliphatic heterocycles. The summed E-state index contributed by atoms with van der Waals surface area (Å²) in [5, 5.41) is 16.5. The lowest BCUT2D eigenvalue weighted by Crippen LogP contribution is -2.11. The number of aliphatic hydroxyl groups excluding tert-OH is 1. The lowest BCUT2D eigenvalue weighted by atomic mass is 9.88. The first-order valence-corrected chi connectivity index (χ1v) is 9.31. The average Bonchev–Trinajstić information content (AvgIpc) is 2.68. The molecule has 26 heavy (non-hydrogen) atoms. The maximum Gasteiger partial charge on any atom is 0.138 e. The van der Waals surface area contributed by atoms with Crippen LogP contribution in [-0.2, 0) is 0 Å². The predicted molar refractivity (Wildman–Crippen MR) is 109 cm³/mol. The number of nitrogens with one attached hydrogen (secondary N) is 1. The number of hydrogen-bond acceptors (Lipinski definition) is 6. The van der Waals surface area contributed by atoms with Crippen molar-refractivity contribution in [3.05, 3.63) is 65.2 Å². The lowest BCUT2D eigenvalue weighted by Gasteiger charge is -2.23. The number of anilines is 2. The molecule has 3 rings (SSSR count). The minimum Gasteiger partial charge on any atom is -0.400 e. The van der Waals surface area contributed by atoms with Crippen LogP contribution >= 0.6 is 11.9 Å². The van der Waals surface area contributed by atoms with Crippen molar-refractivity contribution in [1.82, 2.24) is 4.98 Å². The van der Waals surface area contributed by atoms with Crippen molar-refractivity contribution >= 4 is 23.6 Å². The van der Waals surface area contributed by atoms with Gasteiger partial charge < -0.3 is 15.6 Å². The van der Waals surface area contributed by atoms with E-state index >= 15 is 0 Å². The third kappa shape index (κ3) is 5.25. The molecule has 136 valence electrons. The summed E-state index contributed by atoms with van der Waals surface area (Å²) in [6, 6.07) is 13.9. The molecule has 1 heterocycles. The molecule has 6 heteroatoms. The highest BCUT2D eigenvalue weighted by atomic mass is 32.2. The molecule has 1 aromatic heterocycles. The Hall–Kier alpha value is -2.49. The van der Waals surface area contributed by atoms with Gasteiger partial charge in [-0.1, -0.05) is 30.4 Å². The number of aliphatic hydroxyl groups is 1. The van der Waals surface area contributed by atoms with Gasteiger partial charge in [0.15, 0.2) is 0 Å². The van der Waals surface area contributed by atoms with Gasteiger partial charge in [0, 0.05) is 18.3 Å². The number of pyridine rings is 1. The summed E-state index contributed by atoms with van der Waals surface area (Å²) in [6.45, 7) is 2.00. The minimum absolute atomic E-state index is 0.420. The summed E-state index contributed by atoms with van der Waals surface area (Å²) in [6.07, 6.45) is 6.73. The second-order valence-electron chi connectivity index (χ2n) is 5.96. The Bertz CT molecular complexity index is 801. The van der Waals surface area contributed by atoms with Crippen LogP contribution in [0.3, 0.4) is 0 Å². The van der Waals surface area contributed by atoms with E-state index in [1.807, 2.05) is 25.1 Å². The molecule has 0 fully saturated rings. The Morgan fingerprint density at radius 1 is 1.23 bits per heavy atom. The van der Waals surface area contributed by atoms with Crippen molar-refractivity contribution in [2.24, 2.45) is 0 Å². The molecule has 5 nitrogen and oxygen atoms in total. The predicted octanol–water partition coefficient (Wildman–Crippen LogP) is 4.01. The number of nitrogens with zero attached hydrogens (tertiary/aromatic N) is 2. The van der Waals surface area contributed by atoms with E-state index in [2.05, 4.69) is 40.1 Å². The zero-order chi connectivity index (χ0) is 18.9. The van der Waals surface area contributed by atoms with Crippen molar-refractivity contribution in [2.45, 2.75) is 30.9 Å². The van der Waals surface area contributed by atoms with E-state index in [1.54, 1.807) is 18.0 Å². The Morgan fingerprint density at radius 2 is 2.04 bits per heavy atom. The molecular formula is C20H24N4OS. The average molecular weight is 369 g/mol. The zero-order valence-electron chi connectivity index (χ0n) is 15.0. The van der Waals surface area contributed by atoms with Gasteiger partial charge >= 0.3 is 0 Å². The van der Waals surface area contributed by atoms with Crippen LogP contribution < -0.4 is 10.5 Å². The van der Waals surface area contributed by atoms with E-state index in [-0.39, 0.29) is 0 Å². The number of allylic oxidation sites excluding steroid dienone is 1. The second kappa shape index (κ2) is 9.85. The van der Waals surface area contributed by atoms with E-state index < -0.39 is 0 Å². The molecule has 0 bridgehead atoms. The SMILES string of the molecule is CO.Cc1cc(C2C=CC(SNc3cccc(N)n3)CC2)ccc1C#N. The molecule has 1 aliphatic rings. The fourth-order valence-electron chi connectivity index (χ4n) is 2.86. The third-order valence-electron chi connectivity index (χ3n) is 4.20. The molecule has 0 saturated carbocycles. The van der Waals surface area contributed by atoms with Crippen LogP contribution in [0.15, 0.2) is 48.6 Å². The number of nitriles is 1. The number of nitrogen functional groups attached to an aromatic ring is 1. The van der Waals surface area contributed by atoms with Crippen LogP contribution in [0.5, 0.6) is 0 Å². The van der Waals surface area contributed by atoms with E-state index in [0.717, 1.165) is 36.9 Å². The maximum atomic E-state index is 9.04. The molecule has 1 aromatic carbocycles. The Kier molecular flexibility index (Phi) is 7.52. The van der Waals surface area contributed by atoms with E-state index in [4.69, 9.17) is 16.1 Å². The van der Waals surface area contributed by atoms with Crippen LogP contribution in [0.2, 0.25) is 0 Å². The van der Waals surface area contributed by atoms with E-state index in [0.29, 0.717) is 17.0 Å². The van der Waals surface area contributed by atoms with Gasteiger partial charge in [0.1, 0.15) is 11.6 Å². The quantitative estimate of drug-likeness (QED) is 0.557. The van der Waals surface area contributed by atoms with Crippen molar-refractivity contribution in [3.63, 3.8) is 0 Å². The Morgan fingerprint density at radius 3 is 2.65 bits per heavy atom. The Labute approximate surface area is 159 Å². The molecule has 1 aliphatic carbocycles. The third-order valence-corrected chi connectivity index (χ3v) is 5.23. The molecule has 4 N–H and O–H groups in total. The summed E-state index contributed by atoms with van der Waals surface area (Å²) < 4.78 is 3.27. The number of benzene rings is 1. The highest BCUT2D eigenvalue weighted by Gasteiger charge is 2.18. The molecule has 0 saturated heterocycles. The topological polar surface area (TPSA) is 95.0 Å². The number of rotatable bonds is 4. The molecule has 2 unspecified atom stereocenters. The first kappa shape index (κ1) is 19.8. The second-order valence-corrected chi connectivity index (χ2v) is 7.01. The van der Waals surface area contributed by atoms with Gasteiger partial charge in [-0.15, -0.1) is 0 Å². The number of nitrogens with two attached hydrogens (primary N) is 1. The summed E-state index contributed by atoms with van der Waals surface area (Å²) in [5.41, 5.74) is 8.78. The normalized spacial score (nSPS) is 18.4. The fourth-order valence-corrected chi connectivity index (χ4v) is 3.67. The molecule has 0 amide bonds. The molecule has 2 aromatic rings. The highest BCUT2D eigenvalue weighted by Crippen LogP contribution is 2.33. The molecule has 2 atom stereocenters. The standard InChI is InChI=1S/C19H20N4S.CH4O/c1-13-11-15(5-6-16(13)12-20)14-7-9-17(10-8-14)24-23-19-4-2-3-18(21)22-19;1-2/h2-7,9,11,14,17H,8,10H2,1H3,(H3,21,22,23);2H,1H3. The van der Waals surface area contributed by atoms with E-state index in [9.17, 15) is 0 Å². The van der Waals surface area contributed by atoms with Crippen LogP contribution in [-0.4, -0.2) is 22.5 Å². The first-order chi connectivity index (χ1) is 12.7. The van der Waals surface area contributed by atoms with Crippen LogP contribution in [0.25, 0.3) is 0 Å². The number of aryl methyl sites for hydroxylation is 1. The van der Waals surface area contributed by atoms with E-state index in [1.165, 1.54) is 5.56 Å². The van der Waals surface area contributed by atoms with Crippen molar-refractivity contribution in [2.75, 3.05) is 17.6 Å². The maximum absolute atomic E-state index is 9.04. The Balaban J connectivity index is 0.00000117. The van der Waals surface area contributed by atoms with Crippen LogP contribution in [0.4, 0.5) is 11.6 Å². The summed E-state index contributed by atoms with van der Waals surface area (Å²) in [4.78, 5) is 4.24. The fraction of sp³-hybridized carbons (Fsp3) is 0.300.